The van der Waals surface area contributed by atoms with Gasteiger partial charge in [-0.15, -0.1) is 0 Å². The van der Waals surface area contributed by atoms with Crippen LogP contribution in [-0.4, -0.2) is 25.5 Å². The van der Waals surface area contributed by atoms with Gasteiger partial charge in [0.25, 0.3) is 0 Å². The van der Waals surface area contributed by atoms with Crippen LogP contribution in [0.1, 0.15) is 47.5 Å². The number of hydrogen-bond donors (Lipinski definition) is 1. The summed E-state index contributed by atoms with van der Waals surface area (Å²) < 4.78 is 23.0. The third-order valence-corrected chi connectivity index (χ3v) is 5.44. The number of nitrogens with two attached hydrogens (primary N) is 1. The second-order valence-corrected chi connectivity index (χ2v) is 8.77. The topological polar surface area (TPSA) is 60.2 Å². The Morgan fingerprint density at radius 3 is 1.87 bits per heavy atom. The molecule has 0 heterocycles. The molecular formula is C11H25NO2S. The third-order valence-electron chi connectivity index (χ3n) is 2.75. The molecule has 0 aliphatic carbocycles. The molecule has 0 rings (SSSR count). The standard InChI is InChI=1S/C11H25NO2S/c1-10(2,3)15(13,14)8-6-7-11(4,5)9-12/h6-9,12H2,1-5H3. The first kappa shape index (κ1) is 14.9. The summed E-state index contributed by atoms with van der Waals surface area (Å²) in [6.45, 7) is 9.97. The number of rotatable bonds is 5. The number of hydrogen-bond acceptors (Lipinski definition) is 3. The molecule has 0 saturated carbocycles. The first-order valence-electron chi connectivity index (χ1n) is 5.44. The lowest BCUT2D eigenvalue weighted by Gasteiger charge is -2.24. The van der Waals surface area contributed by atoms with Gasteiger partial charge in [0.2, 0.25) is 0 Å². The third kappa shape index (κ3) is 4.98. The smallest absolute Gasteiger partial charge is 0.155 e. The minimum absolute atomic E-state index is 0.0490. The quantitative estimate of drug-likeness (QED) is 0.792. The molecule has 0 radical (unpaired) electrons. The molecule has 0 atom stereocenters. The molecule has 15 heavy (non-hydrogen) atoms. The van der Waals surface area contributed by atoms with E-state index >= 15 is 0 Å². The maximum Gasteiger partial charge on any atom is 0.155 e. The van der Waals surface area contributed by atoms with Crippen molar-refractivity contribution in [1.29, 1.82) is 0 Å². The van der Waals surface area contributed by atoms with Crippen LogP contribution in [0.4, 0.5) is 0 Å². The Hall–Kier alpha value is -0.0900. The van der Waals surface area contributed by atoms with Crippen LogP contribution in [0.5, 0.6) is 0 Å². The summed E-state index contributed by atoms with van der Waals surface area (Å²) in [5, 5.41) is 0. The van der Waals surface area contributed by atoms with Crippen molar-refractivity contribution >= 4 is 9.84 Å². The van der Waals surface area contributed by atoms with Gasteiger partial charge in [0.1, 0.15) is 0 Å². The van der Waals surface area contributed by atoms with Gasteiger partial charge < -0.3 is 5.73 Å². The molecule has 92 valence electrons. The van der Waals surface area contributed by atoms with Crippen LogP contribution in [0.15, 0.2) is 0 Å². The monoisotopic (exact) mass is 235 g/mol. The van der Waals surface area contributed by atoms with E-state index in [0.717, 1.165) is 6.42 Å². The summed E-state index contributed by atoms with van der Waals surface area (Å²) in [7, 11) is -2.97. The highest BCUT2D eigenvalue weighted by molar-refractivity contribution is 7.92. The highest BCUT2D eigenvalue weighted by atomic mass is 32.2. The van der Waals surface area contributed by atoms with E-state index in [9.17, 15) is 8.42 Å². The fraction of sp³-hybridized carbons (Fsp3) is 1.00. The lowest BCUT2D eigenvalue weighted by molar-refractivity contribution is 0.343. The van der Waals surface area contributed by atoms with Crippen molar-refractivity contribution in [3.8, 4) is 0 Å². The summed E-state index contributed by atoms with van der Waals surface area (Å²) in [4.78, 5) is 0. The predicted octanol–water partition coefficient (Wildman–Crippen LogP) is 1.96. The molecule has 0 aromatic heterocycles. The van der Waals surface area contributed by atoms with E-state index in [4.69, 9.17) is 5.73 Å². The highest BCUT2D eigenvalue weighted by Gasteiger charge is 2.28. The van der Waals surface area contributed by atoms with Gasteiger partial charge in [-0.2, -0.15) is 0 Å². The van der Waals surface area contributed by atoms with E-state index in [2.05, 4.69) is 13.8 Å². The van der Waals surface area contributed by atoms with Crippen LogP contribution < -0.4 is 5.73 Å². The second-order valence-electron chi connectivity index (χ2n) is 5.90. The molecule has 0 aliphatic rings. The molecule has 0 amide bonds. The van der Waals surface area contributed by atoms with Crippen molar-refractivity contribution in [2.24, 2.45) is 11.1 Å². The van der Waals surface area contributed by atoms with Crippen LogP contribution in [-0.2, 0) is 9.84 Å². The van der Waals surface area contributed by atoms with E-state index in [-0.39, 0.29) is 11.2 Å². The highest BCUT2D eigenvalue weighted by Crippen LogP contribution is 2.23. The largest absolute Gasteiger partial charge is 0.330 e. The van der Waals surface area contributed by atoms with Gasteiger partial charge in [0.05, 0.1) is 10.5 Å². The van der Waals surface area contributed by atoms with E-state index in [0.29, 0.717) is 13.0 Å². The van der Waals surface area contributed by atoms with Crippen molar-refractivity contribution in [3.05, 3.63) is 0 Å². The Morgan fingerprint density at radius 1 is 1.07 bits per heavy atom. The molecule has 0 aliphatic heterocycles. The van der Waals surface area contributed by atoms with E-state index in [1.165, 1.54) is 0 Å². The zero-order chi connectivity index (χ0) is 12.3. The summed E-state index contributed by atoms with van der Waals surface area (Å²) in [5.74, 6) is 0.264. The van der Waals surface area contributed by atoms with Crippen molar-refractivity contribution in [2.75, 3.05) is 12.3 Å². The molecule has 0 aromatic carbocycles. The normalized spacial score (nSPS) is 14.3. The van der Waals surface area contributed by atoms with Gasteiger partial charge in [-0.05, 0) is 45.6 Å². The Balaban J connectivity index is 4.20. The van der Waals surface area contributed by atoms with Crippen LogP contribution in [0.3, 0.4) is 0 Å². The van der Waals surface area contributed by atoms with Gasteiger partial charge in [0, 0.05) is 0 Å². The van der Waals surface area contributed by atoms with Gasteiger partial charge in [-0.3, -0.25) is 0 Å². The Bertz CT molecular complexity index is 286. The van der Waals surface area contributed by atoms with Crippen molar-refractivity contribution < 1.29 is 8.42 Å². The average Bonchev–Trinajstić information content (AvgIpc) is 2.01. The maximum absolute atomic E-state index is 11.8. The summed E-state index contributed by atoms with van der Waals surface area (Å²) >= 11 is 0. The zero-order valence-corrected chi connectivity index (χ0v) is 11.4. The van der Waals surface area contributed by atoms with E-state index < -0.39 is 14.6 Å². The van der Waals surface area contributed by atoms with Gasteiger partial charge >= 0.3 is 0 Å². The molecule has 0 aromatic rings. The summed E-state index contributed by atoms with van der Waals surface area (Å²) in [6.07, 6.45) is 1.56. The maximum atomic E-state index is 11.8. The fourth-order valence-corrected chi connectivity index (χ4v) is 2.29. The molecule has 0 spiro atoms. The van der Waals surface area contributed by atoms with Crippen molar-refractivity contribution in [2.45, 2.75) is 52.2 Å². The van der Waals surface area contributed by atoms with E-state index in [1.54, 1.807) is 20.8 Å². The molecule has 2 N–H and O–H groups in total. The molecule has 0 unspecified atom stereocenters. The zero-order valence-electron chi connectivity index (χ0n) is 10.6. The summed E-state index contributed by atoms with van der Waals surface area (Å²) in [6, 6.07) is 0. The minimum Gasteiger partial charge on any atom is -0.330 e. The van der Waals surface area contributed by atoms with Crippen molar-refractivity contribution in [1.82, 2.24) is 0 Å². The molecular weight excluding hydrogens is 210 g/mol. The van der Waals surface area contributed by atoms with Crippen LogP contribution in [0.25, 0.3) is 0 Å². The molecule has 0 saturated heterocycles. The fourth-order valence-electron chi connectivity index (χ4n) is 1.15. The lowest BCUT2D eigenvalue weighted by atomic mass is 9.88. The predicted molar refractivity (Wildman–Crippen MR) is 65.6 cm³/mol. The van der Waals surface area contributed by atoms with Gasteiger partial charge in [0.15, 0.2) is 9.84 Å². The molecule has 0 fully saturated rings. The van der Waals surface area contributed by atoms with Crippen LogP contribution >= 0.6 is 0 Å². The molecule has 4 heteroatoms. The number of sulfone groups is 1. The van der Waals surface area contributed by atoms with Gasteiger partial charge in [-0.1, -0.05) is 13.8 Å². The first-order valence-corrected chi connectivity index (χ1v) is 7.09. The van der Waals surface area contributed by atoms with Crippen molar-refractivity contribution in [3.63, 3.8) is 0 Å². The lowest BCUT2D eigenvalue weighted by Crippen LogP contribution is -2.31. The molecule has 3 nitrogen and oxygen atoms in total. The van der Waals surface area contributed by atoms with Crippen LogP contribution in [0, 0.1) is 5.41 Å². The van der Waals surface area contributed by atoms with E-state index in [1.807, 2.05) is 0 Å². The Morgan fingerprint density at radius 2 is 1.53 bits per heavy atom. The SMILES string of the molecule is CC(C)(CN)CCCS(=O)(=O)C(C)(C)C. The van der Waals surface area contributed by atoms with Crippen LogP contribution in [0.2, 0.25) is 0 Å². The molecule has 0 bridgehead atoms. The minimum atomic E-state index is -2.97. The Kier molecular flexibility index (Phi) is 4.80. The summed E-state index contributed by atoms with van der Waals surface area (Å²) in [5.41, 5.74) is 5.64. The first-order chi connectivity index (χ1) is 6.52. The second kappa shape index (κ2) is 4.83. The average molecular weight is 235 g/mol. The van der Waals surface area contributed by atoms with Gasteiger partial charge in [-0.25, -0.2) is 8.42 Å². The Labute approximate surface area is 94.4 Å².